The molecule has 0 aliphatic rings. The summed E-state index contributed by atoms with van der Waals surface area (Å²) in [5.41, 5.74) is 7.97. The SMILES string of the molecule is CCOC(=O)C(N)CSCc1nn(CC)c2ccccc12. The van der Waals surface area contributed by atoms with Gasteiger partial charge >= 0.3 is 5.97 Å². The largest absolute Gasteiger partial charge is 0.465 e. The number of aryl methyl sites for hydroxylation is 1. The average molecular weight is 307 g/mol. The Kier molecular flexibility index (Phi) is 5.64. The molecule has 2 rings (SSSR count). The van der Waals surface area contributed by atoms with Gasteiger partial charge in [0.2, 0.25) is 0 Å². The van der Waals surface area contributed by atoms with E-state index in [0.29, 0.717) is 12.4 Å². The van der Waals surface area contributed by atoms with Crippen molar-refractivity contribution in [1.82, 2.24) is 9.78 Å². The van der Waals surface area contributed by atoms with Gasteiger partial charge in [0.05, 0.1) is 17.8 Å². The molecular formula is C15H21N3O2S. The summed E-state index contributed by atoms with van der Waals surface area (Å²) in [6.07, 6.45) is 0. The van der Waals surface area contributed by atoms with Gasteiger partial charge in [-0.2, -0.15) is 16.9 Å². The number of para-hydroxylation sites is 1. The Balaban J connectivity index is 1.99. The molecule has 1 aromatic heterocycles. The van der Waals surface area contributed by atoms with Gasteiger partial charge in [-0.1, -0.05) is 18.2 Å². The molecule has 0 aliphatic heterocycles. The van der Waals surface area contributed by atoms with Crippen LogP contribution in [0.2, 0.25) is 0 Å². The smallest absolute Gasteiger partial charge is 0.323 e. The summed E-state index contributed by atoms with van der Waals surface area (Å²) >= 11 is 1.61. The number of esters is 1. The molecule has 2 aromatic rings. The van der Waals surface area contributed by atoms with Crippen LogP contribution in [0.15, 0.2) is 24.3 Å². The molecule has 1 atom stereocenters. The first-order valence-corrected chi connectivity index (χ1v) is 8.27. The van der Waals surface area contributed by atoms with Crippen LogP contribution >= 0.6 is 11.8 Å². The lowest BCUT2D eigenvalue weighted by Gasteiger charge is -2.09. The van der Waals surface area contributed by atoms with E-state index in [1.807, 2.05) is 16.8 Å². The summed E-state index contributed by atoms with van der Waals surface area (Å²) in [7, 11) is 0. The van der Waals surface area contributed by atoms with Crippen LogP contribution < -0.4 is 5.73 Å². The molecular weight excluding hydrogens is 286 g/mol. The number of hydrogen-bond donors (Lipinski definition) is 1. The molecule has 0 saturated heterocycles. The van der Waals surface area contributed by atoms with Gasteiger partial charge in [-0.15, -0.1) is 0 Å². The summed E-state index contributed by atoms with van der Waals surface area (Å²) in [6.45, 7) is 5.06. The fourth-order valence-corrected chi connectivity index (χ4v) is 3.06. The normalized spacial score (nSPS) is 12.5. The first-order chi connectivity index (χ1) is 10.2. The number of ether oxygens (including phenoxy) is 1. The van der Waals surface area contributed by atoms with Crippen LogP contribution in [0.1, 0.15) is 19.5 Å². The second kappa shape index (κ2) is 7.47. The first-order valence-electron chi connectivity index (χ1n) is 7.11. The highest BCUT2D eigenvalue weighted by molar-refractivity contribution is 7.98. The molecule has 1 heterocycles. The summed E-state index contributed by atoms with van der Waals surface area (Å²) in [5.74, 6) is 0.932. The maximum absolute atomic E-state index is 11.5. The third-order valence-electron chi connectivity index (χ3n) is 3.16. The van der Waals surface area contributed by atoms with Crippen LogP contribution in [-0.2, 0) is 21.8 Å². The Morgan fingerprint density at radius 3 is 2.90 bits per heavy atom. The number of nitrogens with zero attached hydrogens (tertiary/aromatic N) is 2. The third kappa shape index (κ3) is 3.77. The highest BCUT2D eigenvalue weighted by Crippen LogP contribution is 2.22. The van der Waals surface area contributed by atoms with E-state index in [0.717, 1.165) is 28.9 Å². The zero-order valence-electron chi connectivity index (χ0n) is 12.4. The van der Waals surface area contributed by atoms with Gasteiger partial charge in [-0.3, -0.25) is 9.48 Å². The molecule has 0 bridgehead atoms. The molecule has 21 heavy (non-hydrogen) atoms. The van der Waals surface area contributed by atoms with E-state index in [4.69, 9.17) is 10.5 Å². The van der Waals surface area contributed by atoms with Crippen molar-refractivity contribution in [2.75, 3.05) is 12.4 Å². The number of benzene rings is 1. The van der Waals surface area contributed by atoms with Crippen LogP contribution in [0.3, 0.4) is 0 Å². The van der Waals surface area contributed by atoms with Crippen LogP contribution in [0.4, 0.5) is 0 Å². The van der Waals surface area contributed by atoms with Crippen molar-refractivity contribution in [1.29, 1.82) is 0 Å². The number of carbonyl (C=O) groups is 1. The van der Waals surface area contributed by atoms with Gasteiger partial charge < -0.3 is 10.5 Å². The van der Waals surface area contributed by atoms with Crippen molar-refractivity contribution >= 4 is 28.6 Å². The maximum atomic E-state index is 11.5. The fraction of sp³-hybridized carbons (Fsp3) is 0.467. The number of nitrogens with two attached hydrogens (primary N) is 1. The van der Waals surface area contributed by atoms with E-state index < -0.39 is 6.04 Å². The lowest BCUT2D eigenvalue weighted by Crippen LogP contribution is -2.34. The monoisotopic (exact) mass is 307 g/mol. The maximum Gasteiger partial charge on any atom is 0.323 e. The Bertz CT molecular complexity index is 612. The Labute approximate surface area is 128 Å². The molecule has 114 valence electrons. The highest BCUT2D eigenvalue weighted by atomic mass is 32.2. The predicted molar refractivity (Wildman–Crippen MR) is 86.2 cm³/mol. The quantitative estimate of drug-likeness (QED) is 0.794. The number of hydrogen-bond acceptors (Lipinski definition) is 5. The minimum Gasteiger partial charge on any atom is -0.465 e. The summed E-state index contributed by atoms with van der Waals surface area (Å²) in [5, 5.41) is 5.79. The van der Waals surface area contributed by atoms with Gasteiger partial charge in [-0.25, -0.2) is 0 Å². The van der Waals surface area contributed by atoms with Crippen LogP contribution in [0.25, 0.3) is 10.9 Å². The first kappa shape index (κ1) is 15.9. The molecule has 0 spiro atoms. The van der Waals surface area contributed by atoms with Crippen LogP contribution in [-0.4, -0.2) is 34.2 Å². The van der Waals surface area contributed by atoms with Gasteiger partial charge in [0.15, 0.2) is 0 Å². The molecule has 1 aromatic carbocycles. The topological polar surface area (TPSA) is 70.1 Å². The lowest BCUT2D eigenvalue weighted by atomic mass is 10.2. The second-order valence-corrected chi connectivity index (χ2v) is 5.68. The standard InChI is InChI=1S/C15H21N3O2S/c1-3-18-14-8-6-5-7-11(14)13(17-18)10-21-9-12(16)15(19)20-4-2/h5-8,12H,3-4,9-10,16H2,1-2H3. The summed E-state index contributed by atoms with van der Waals surface area (Å²) in [4.78, 5) is 11.5. The Morgan fingerprint density at radius 1 is 1.43 bits per heavy atom. The highest BCUT2D eigenvalue weighted by Gasteiger charge is 2.15. The van der Waals surface area contributed by atoms with Gasteiger partial charge in [0, 0.05) is 23.4 Å². The number of thioether (sulfide) groups is 1. The van der Waals surface area contributed by atoms with Crippen molar-refractivity contribution in [2.45, 2.75) is 32.2 Å². The molecule has 0 fully saturated rings. The van der Waals surface area contributed by atoms with E-state index in [-0.39, 0.29) is 5.97 Å². The zero-order valence-corrected chi connectivity index (χ0v) is 13.2. The minimum atomic E-state index is -0.575. The number of aromatic nitrogens is 2. The molecule has 0 saturated carbocycles. The van der Waals surface area contributed by atoms with Gasteiger partial charge in [-0.05, 0) is 19.9 Å². The van der Waals surface area contributed by atoms with Crippen LogP contribution in [0.5, 0.6) is 0 Å². The summed E-state index contributed by atoms with van der Waals surface area (Å²) < 4.78 is 6.90. The van der Waals surface area contributed by atoms with Crippen molar-refractivity contribution < 1.29 is 9.53 Å². The third-order valence-corrected chi connectivity index (χ3v) is 4.23. The number of rotatable bonds is 7. The minimum absolute atomic E-state index is 0.339. The van der Waals surface area contributed by atoms with E-state index in [1.54, 1.807) is 18.7 Å². The molecule has 6 heteroatoms. The predicted octanol–water partition coefficient (Wildman–Crippen LogP) is 2.18. The van der Waals surface area contributed by atoms with Crippen molar-refractivity contribution in [3.8, 4) is 0 Å². The molecule has 0 aliphatic carbocycles. The Hall–Kier alpha value is -1.53. The molecule has 5 nitrogen and oxygen atoms in total. The molecule has 1 unspecified atom stereocenters. The van der Waals surface area contributed by atoms with E-state index in [2.05, 4.69) is 24.2 Å². The Morgan fingerprint density at radius 2 is 2.19 bits per heavy atom. The molecule has 0 radical (unpaired) electrons. The van der Waals surface area contributed by atoms with Crippen molar-refractivity contribution in [3.63, 3.8) is 0 Å². The molecule has 0 amide bonds. The second-order valence-electron chi connectivity index (χ2n) is 4.65. The van der Waals surface area contributed by atoms with Crippen molar-refractivity contribution in [3.05, 3.63) is 30.0 Å². The van der Waals surface area contributed by atoms with Gasteiger partial charge in [0.25, 0.3) is 0 Å². The van der Waals surface area contributed by atoms with Gasteiger partial charge in [0.1, 0.15) is 6.04 Å². The number of fused-ring (bicyclic) bond motifs is 1. The van der Waals surface area contributed by atoms with Crippen molar-refractivity contribution in [2.24, 2.45) is 5.73 Å². The van der Waals surface area contributed by atoms with E-state index in [1.165, 1.54) is 0 Å². The van der Waals surface area contributed by atoms with E-state index >= 15 is 0 Å². The number of carbonyl (C=O) groups excluding carboxylic acids is 1. The average Bonchev–Trinajstić information content (AvgIpc) is 2.86. The molecule has 2 N–H and O–H groups in total. The van der Waals surface area contributed by atoms with E-state index in [9.17, 15) is 4.79 Å². The lowest BCUT2D eigenvalue weighted by molar-refractivity contribution is -0.144. The summed E-state index contributed by atoms with van der Waals surface area (Å²) in [6, 6.07) is 7.61. The fourth-order valence-electron chi connectivity index (χ4n) is 2.14. The van der Waals surface area contributed by atoms with Crippen LogP contribution in [0, 0.1) is 0 Å². The zero-order chi connectivity index (χ0) is 15.2.